The lowest BCUT2D eigenvalue weighted by Gasteiger charge is -2.31. The second kappa shape index (κ2) is 8.89. The second-order valence-corrected chi connectivity index (χ2v) is 8.66. The van der Waals surface area contributed by atoms with E-state index in [1.54, 1.807) is 12.1 Å². The Balaban J connectivity index is 0.00000280. The highest BCUT2D eigenvalue weighted by molar-refractivity contribution is 7.89. The number of halogens is 2. The first-order chi connectivity index (χ1) is 12.8. The minimum absolute atomic E-state index is 0. The standard InChI is InChI=1S/C19H22FN3O3S.ClH/c1-13-4-7-16(21)11-18(13)22-19(24)14-3-2-10-23(12-14)27(25,26)17-8-5-15(20)6-9-17;/h4-9,11,14H,2-3,10,12,21H2,1H3,(H,22,24);1H. The van der Waals surface area contributed by atoms with Crippen molar-refractivity contribution in [2.75, 3.05) is 24.1 Å². The average Bonchev–Trinajstić information content (AvgIpc) is 2.65. The van der Waals surface area contributed by atoms with E-state index >= 15 is 0 Å². The van der Waals surface area contributed by atoms with Gasteiger partial charge in [-0.25, -0.2) is 12.8 Å². The van der Waals surface area contributed by atoms with E-state index in [2.05, 4.69) is 5.32 Å². The maximum absolute atomic E-state index is 13.1. The van der Waals surface area contributed by atoms with Crippen LogP contribution in [0.1, 0.15) is 18.4 Å². The van der Waals surface area contributed by atoms with Gasteiger partial charge in [0.1, 0.15) is 5.82 Å². The fourth-order valence-electron chi connectivity index (χ4n) is 3.14. The van der Waals surface area contributed by atoms with Crippen LogP contribution in [-0.4, -0.2) is 31.7 Å². The van der Waals surface area contributed by atoms with Gasteiger partial charge in [-0.1, -0.05) is 6.07 Å². The summed E-state index contributed by atoms with van der Waals surface area (Å²) < 4.78 is 39.9. The number of aryl methyl sites for hydroxylation is 1. The lowest BCUT2D eigenvalue weighted by atomic mass is 9.98. The Bertz CT molecular complexity index is 951. The van der Waals surface area contributed by atoms with E-state index in [0.29, 0.717) is 30.8 Å². The summed E-state index contributed by atoms with van der Waals surface area (Å²) >= 11 is 0. The van der Waals surface area contributed by atoms with Gasteiger partial charge in [-0.15, -0.1) is 12.4 Å². The number of amides is 1. The number of nitrogen functional groups attached to an aromatic ring is 1. The fourth-order valence-corrected chi connectivity index (χ4v) is 4.66. The number of rotatable bonds is 4. The molecule has 0 saturated carbocycles. The van der Waals surface area contributed by atoms with Gasteiger partial charge in [0.25, 0.3) is 0 Å². The van der Waals surface area contributed by atoms with Crippen molar-refractivity contribution in [3.63, 3.8) is 0 Å². The van der Waals surface area contributed by atoms with Gasteiger partial charge in [0, 0.05) is 24.5 Å². The predicted molar refractivity (Wildman–Crippen MR) is 109 cm³/mol. The molecule has 1 unspecified atom stereocenters. The van der Waals surface area contributed by atoms with Gasteiger partial charge in [0.2, 0.25) is 15.9 Å². The summed E-state index contributed by atoms with van der Waals surface area (Å²) in [6, 6.07) is 9.96. The van der Waals surface area contributed by atoms with Crippen LogP contribution in [0.2, 0.25) is 0 Å². The highest BCUT2D eigenvalue weighted by Gasteiger charge is 2.33. The number of nitrogens with one attached hydrogen (secondary N) is 1. The molecule has 1 aliphatic rings. The summed E-state index contributed by atoms with van der Waals surface area (Å²) in [6.45, 7) is 2.29. The summed E-state index contributed by atoms with van der Waals surface area (Å²) in [7, 11) is -3.77. The first-order valence-corrected chi connectivity index (χ1v) is 10.1. The van der Waals surface area contributed by atoms with Crippen LogP contribution in [0.5, 0.6) is 0 Å². The predicted octanol–water partition coefficient (Wildman–Crippen LogP) is 3.18. The van der Waals surface area contributed by atoms with E-state index in [1.165, 1.54) is 16.4 Å². The molecule has 0 aromatic heterocycles. The highest BCUT2D eigenvalue weighted by Crippen LogP contribution is 2.26. The number of benzene rings is 2. The summed E-state index contributed by atoms with van der Waals surface area (Å²) in [5.41, 5.74) is 7.81. The molecule has 28 heavy (non-hydrogen) atoms. The van der Waals surface area contributed by atoms with Crippen molar-refractivity contribution in [2.45, 2.75) is 24.7 Å². The minimum atomic E-state index is -3.77. The third-order valence-corrected chi connectivity index (χ3v) is 6.61. The monoisotopic (exact) mass is 427 g/mol. The number of sulfonamides is 1. The molecule has 0 aliphatic carbocycles. The lowest BCUT2D eigenvalue weighted by molar-refractivity contribution is -0.120. The van der Waals surface area contributed by atoms with E-state index in [-0.39, 0.29) is 29.8 Å². The second-order valence-electron chi connectivity index (χ2n) is 6.72. The molecular weight excluding hydrogens is 405 g/mol. The van der Waals surface area contributed by atoms with Crippen molar-refractivity contribution in [1.82, 2.24) is 4.31 Å². The summed E-state index contributed by atoms with van der Waals surface area (Å²) in [5.74, 6) is -1.19. The zero-order valence-electron chi connectivity index (χ0n) is 15.4. The van der Waals surface area contributed by atoms with Gasteiger partial charge in [-0.3, -0.25) is 4.79 Å². The van der Waals surface area contributed by atoms with Crippen LogP contribution in [0.4, 0.5) is 15.8 Å². The molecule has 1 amide bonds. The zero-order valence-corrected chi connectivity index (χ0v) is 17.0. The third-order valence-electron chi connectivity index (χ3n) is 4.73. The molecule has 152 valence electrons. The van der Waals surface area contributed by atoms with Gasteiger partial charge >= 0.3 is 0 Å². The Labute approximate surface area is 170 Å². The number of nitrogens with two attached hydrogens (primary N) is 1. The molecule has 2 aromatic carbocycles. The molecular formula is C19H23ClFN3O3S. The quantitative estimate of drug-likeness (QED) is 0.733. The molecule has 3 N–H and O–H groups in total. The number of piperidine rings is 1. The van der Waals surface area contributed by atoms with Crippen LogP contribution in [0, 0.1) is 18.7 Å². The SMILES string of the molecule is Cc1ccc(N)cc1NC(=O)C1CCCN(S(=O)(=O)c2ccc(F)cc2)C1.Cl. The van der Waals surface area contributed by atoms with Crippen molar-refractivity contribution in [3.05, 3.63) is 53.8 Å². The topological polar surface area (TPSA) is 92.5 Å². The number of nitrogens with zero attached hydrogens (tertiary/aromatic N) is 1. The first-order valence-electron chi connectivity index (χ1n) is 8.70. The Hall–Kier alpha value is -2.16. The van der Waals surface area contributed by atoms with Gasteiger partial charge in [-0.2, -0.15) is 4.31 Å². The molecule has 0 spiro atoms. The van der Waals surface area contributed by atoms with E-state index in [1.807, 2.05) is 13.0 Å². The van der Waals surface area contributed by atoms with Gasteiger partial charge in [-0.05, 0) is 61.7 Å². The Morgan fingerprint density at radius 3 is 2.57 bits per heavy atom. The molecule has 9 heteroatoms. The number of anilines is 2. The summed E-state index contributed by atoms with van der Waals surface area (Å²) in [4.78, 5) is 12.7. The molecule has 2 aromatic rings. The highest BCUT2D eigenvalue weighted by atomic mass is 35.5. The van der Waals surface area contributed by atoms with Crippen molar-refractivity contribution in [2.24, 2.45) is 5.92 Å². The van der Waals surface area contributed by atoms with E-state index < -0.39 is 21.8 Å². The summed E-state index contributed by atoms with van der Waals surface area (Å²) in [6.07, 6.45) is 1.18. The summed E-state index contributed by atoms with van der Waals surface area (Å²) in [5, 5.41) is 2.85. The normalized spacial score (nSPS) is 17.6. The van der Waals surface area contributed by atoms with Crippen molar-refractivity contribution in [1.29, 1.82) is 0 Å². The number of carbonyl (C=O) groups excluding carboxylic acids is 1. The van der Waals surface area contributed by atoms with Gasteiger partial charge in [0.15, 0.2) is 0 Å². The van der Waals surface area contributed by atoms with Crippen molar-refractivity contribution in [3.8, 4) is 0 Å². The molecule has 1 heterocycles. The number of hydrogen-bond donors (Lipinski definition) is 2. The van der Waals surface area contributed by atoms with Crippen molar-refractivity contribution < 1.29 is 17.6 Å². The Morgan fingerprint density at radius 2 is 1.89 bits per heavy atom. The maximum atomic E-state index is 13.1. The zero-order chi connectivity index (χ0) is 19.6. The van der Waals surface area contributed by atoms with Crippen molar-refractivity contribution >= 4 is 39.7 Å². The molecule has 1 aliphatic heterocycles. The van der Waals surface area contributed by atoms with E-state index in [0.717, 1.165) is 17.7 Å². The first kappa shape index (κ1) is 22.1. The van der Waals surface area contributed by atoms with Crippen LogP contribution in [-0.2, 0) is 14.8 Å². The Kier molecular flexibility index (Phi) is 7.03. The smallest absolute Gasteiger partial charge is 0.243 e. The molecule has 6 nitrogen and oxygen atoms in total. The van der Waals surface area contributed by atoms with Gasteiger partial charge < -0.3 is 11.1 Å². The molecule has 1 saturated heterocycles. The van der Waals surface area contributed by atoms with E-state index in [9.17, 15) is 17.6 Å². The third kappa shape index (κ3) is 4.81. The van der Waals surface area contributed by atoms with Crippen LogP contribution in [0.15, 0.2) is 47.4 Å². The largest absolute Gasteiger partial charge is 0.399 e. The van der Waals surface area contributed by atoms with Crippen LogP contribution in [0.3, 0.4) is 0 Å². The minimum Gasteiger partial charge on any atom is -0.399 e. The maximum Gasteiger partial charge on any atom is 0.243 e. The molecule has 0 bridgehead atoms. The molecule has 3 rings (SSSR count). The van der Waals surface area contributed by atoms with Crippen LogP contribution in [0.25, 0.3) is 0 Å². The van der Waals surface area contributed by atoms with Gasteiger partial charge in [0.05, 0.1) is 10.8 Å². The molecule has 0 radical (unpaired) electrons. The average molecular weight is 428 g/mol. The number of hydrogen-bond acceptors (Lipinski definition) is 4. The Morgan fingerprint density at radius 1 is 1.21 bits per heavy atom. The molecule has 1 atom stereocenters. The molecule has 1 fully saturated rings. The van der Waals surface area contributed by atoms with Crippen LogP contribution >= 0.6 is 12.4 Å². The number of carbonyl (C=O) groups is 1. The van der Waals surface area contributed by atoms with E-state index in [4.69, 9.17) is 5.73 Å². The fraction of sp³-hybridized carbons (Fsp3) is 0.316. The lowest BCUT2D eigenvalue weighted by Crippen LogP contribution is -2.43. The van der Waals surface area contributed by atoms with Crippen LogP contribution < -0.4 is 11.1 Å².